The van der Waals surface area contributed by atoms with Crippen molar-refractivity contribution in [2.24, 2.45) is 11.8 Å². The van der Waals surface area contributed by atoms with Gasteiger partial charge in [-0.15, -0.1) is 0 Å². The Labute approximate surface area is 138 Å². The lowest BCUT2D eigenvalue weighted by Gasteiger charge is -2.34. The van der Waals surface area contributed by atoms with Gasteiger partial charge in [0, 0.05) is 59.2 Å². The van der Waals surface area contributed by atoms with Crippen LogP contribution < -0.4 is 5.32 Å². The van der Waals surface area contributed by atoms with E-state index < -0.39 is 0 Å². The smallest absolute Gasteiger partial charge is 0.225 e. The molecule has 2 fully saturated rings. The summed E-state index contributed by atoms with van der Waals surface area (Å²) in [5.74, 6) is -0.0135. The van der Waals surface area contributed by atoms with Crippen molar-refractivity contribution in [2.75, 3.05) is 53.4 Å². The molecule has 2 rings (SSSR count). The predicted molar refractivity (Wildman–Crippen MR) is 86.6 cm³/mol. The van der Waals surface area contributed by atoms with Crippen molar-refractivity contribution in [3.8, 4) is 0 Å². The van der Waals surface area contributed by atoms with Crippen LogP contribution in [0.3, 0.4) is 0 Å². The van der Waals surface area contributed by atoms with E-state index in [0.717, 1.165) is 19.4 Å². The SMILES string of the molecule is CNC(=O)C1CN(C)CCN(C(=O)C2CCN(C(C)=O)CC2)C1. The molecular weight excluding hydrogens is 296 g/mol. The van der Waals surface area contributed by atoms with Crippen molar-refractivity contribution >= 4 is 17.7 Å². The summed E-state index contributed by atoms with van der Waals surface area (Å²) >= 11 is 0. The van der Waals surface area contributed by atoms with Gasteiger partial charge in [0.05, 0.1) is 5.92 Å². The van der Waals surface area contributed by atoms with Crippen LogP contribution in [0.5, 0.6) is 0 Å². The fraction of sp³-hybridized carbons (Fsp3) is 0.812. The minimum Gasteiger partial charge on any atom is -0.359 e. The number of nitrogens with one attached hydrogen (secondary N) is 1. The Bertz CT molecular complexity index is 460. The molecule has 7 nitrogen and oxygen atoms in total. The van der Waals surface area contributed by atoms with E-state index in [0.29, 0.717) is 32.7 Å². The zero-order chi connectivity index (χ0) is 17.0. The lowest BCUT2D eigenvalue weighted by atomic mass is 9.94. The van der Waals surface area contributed by atoms with Crippen LogP contribution in [0.25, 0.3) is 0 Å². The van der Waals surface area contributed by atoms with Gasteiger partial charge in [-0.2, -0.15) is 0 Å². The molecule has 1 atom stereocenters. The maximum absolute atomic E-state index is 12.8. The first kappa shape index (κ1) is 17.7. The highest BCUT2D eigenvalue weighted by Gasteiger charge is 2.33. The second kappa shape index (κ2) is 7.77. The van der Waals surface area contributed by atoms with Gasteiger partial charge in [-0.3, -0.25) is 14.4 Å². The van der Waals surface area contributed by atoms with E-state index in [4.69, 9.17) is 0 Å². The number of amides is 3. The Kier molecular flexibility index (Phi) is 5.98. The maximum atomic E-state index is 12.8. The van der Waals surface area contributed by atoms with Gasteiger partial charge in [0.15, 0.2) is 0 Å². The van der Waals surface area contributed by atoms with E-state index in [1.165, 1.54) is 0 Å². The molecule has 23 heavy (non-hydrogen) atoms. The van der Waals surface area contributed by atoms with Gasteiger partial charge in [0.1, 0.15) is 0 Å². The first-order valence-corrected chi connectivity index (χ1v) is 8.36. The van der Waals surface area contributed by atoms with Crippen molar-refractivity contribution in [3.63, 3.8) is 0 Å². The number of hydrogen-bond donors (Lipinski definition) is 1. The number of nitrogens with zero attached hydrogens (tertiary/aromatic N) is 3. The van der Waals surface area contributed by atoms with Gasteiger partial charge in [-0.1, -0.05) is 0 Å². The molecule has 0 saturated carbocycles. The van der Waals surface area contributed by atoms with Gasteiger partial charge < -0.3 is 20.0 Å². The van der Waals surface area contributed by atoms with Crippen molar-refractivity contribution in [1.82, 2.24) is 20.0 Å². The second-order valence-corrected chi connectivity index (χ2v) is 6.64. The van der Waals surface area contributed by atoms with Crippen LogP contribution >= 0.6 is 0 Å². The fourth-order valence-corrected chi connectivity index (χ4v) is 3.44. The highest BCUT2D eigenvalue weighted by molar-refractivity contribution is 5.82. The van der Waals surface area contributed by atoms with E-state index in [2.05, 4.69) is 10.2 Å². The predicted octanol–water partition coefficient (Wildman–Crippen LogP) is -0.619. The highest BCUT2D eigenvalue weighted by Crippen LogP contribution is 2.21. The molecule has 3 amide bonds. The minimum atomic E-state index is -0.186. The summed E-state index contributed by atoms with van der Waals surface area (Å²) in [6, 6.07) is 0. The number of likely N-dealkylation sites (tertiary alicyclic amines) is 1. The number of likely N-dealkylation sites (N-methyl/N-ethyl adjacent to an activating group) is 1. The third-order valence-corrected chi connectivity index (χ3v) is 4.94. The normalized spacial score (nSPS) is 24.2. The van der Waals surface area contributed by atoms with E-state index in [9.17, 15) is 14.4 Å². The summed E-state index contributed by atoms with van der Waals surface area (Å²) < 4.78 is 0. The van der Waals surface area contributed by atoms with Crippen molar-refractivity contribution in [3.05, 3.63) is 0 Å². The Morgan fingerprint density at radius 1 is 0.913 bits per heavy atom. The first-order chi connectivity index (χ1) is 10.9. The van der Waals surface area contributed by atoms with Gasteiger partial charge in [-0.25, -0.2) is 0 Å². The summed E-state index contributed by atoms with van der Waals surface area (Å²) in [5.41, 5.74) is 0. The quantitative estimate of drug-likeness (QED) is 0.735. The third kappa shape index (κ3) is 4.43. The summed E-state index contributed by atoms with van der Waals surface area (Å²) in [6.07, 6.45) is 1.44. The summed E-state index contributed by atoms with van der Waals surface area (Å²) in [6.45, 7) is 5.47. The zero-order valence-electron chi connectivity index (χ0n) is 14.4. The molecule has 0 spiro atoms. The molecule has 130 valence electrons. The third-order valence-electron chi connectivity index (χ3n) is 4.94. The molecule has 2 saturated heterocycles. The van der Waals surface area contributed by atoms with E-state index in [1.54, 1.807) is 18.9 Å². The molecule has 7 heteroatoms. The van der Waals surface area contributed by atoms with Crippen molar-refractivity contribution in [2.45, 2.75) is 19.8 Å². The zero-order valence-corrected chi connectivity index (χ0v) is 14.4. The molecule has 1 unspecified atom stereocenters. The average Bonchev–Trinajstić information content (AvgIpc) is 2.75. The lowest BCUT2D eigenvalue weighted by molar-refractivity contribution is -0.141. The van der Waals surface area contributed by atoms with Crippen molar-refractivity contribution in [1.29, 1.82) is 0 Å². The second-order valence-electron chi connectivity index (χ2n) is 6.64. The topological polar surface area (TPSA) is 73.0 Å². The van der Waals surface area contributed by atoms with Gasteiger partial charge in [0.25, 0.3) is 0 Å². The Hall–Kier alpha value is -1.63. The average molecular weight is 324 g/mol. The Balaban J connectivity index is 1.97. The molecule has 2 heterocycles. The first-order valence-electron chi connectivity index (χ1n) is 8.36. The van der Waals surface area contributed by atoms with E-state index in [-0.39, 0.29) is 29.6 Å². The van der Waals surface area contributed by atoms with Gasteiger partial charge in [-0.05, 0) is 19.9 Å². The molecule has 0 bridgehead atoms. The maximum Gasteiger partial charge on any atom is 0.225 e. The largest absolute Gasteiger partial charge is 0.359 e. The standard InChI is InChI=1S/C16H28N4O3/c1-12(21)19-6-4-13(5-7-19)16(23)20-9-8-18(3)10-14(11-20)15(22)17-2/h13-14H,4-11H2,1-3H3,(H,17,22). The van der Waals surface area contributed by atoms with Gasteiger partial charge in [0.2, 0.25) is 17.7 Å². The number of piperidine rings is 1. The summed E-state index contributed by atoms with van der Waals surface area (Å²) in [5, 5.41) is 2.69. The molecular formula is C16H28N4O3. The van der Waals surface area contributed by atoms with E-state index >= 15 is 0 Å². The molecule has 0 aromatic carbocycles. The summed E-state index contributed by atoms with van der Waals surface area (Å²) in [7, 11) is 3.62. The highest BCUT2D eigenvalue weighted by atomic mass is 16.2. The van der Waals surface area contributed by atoms with Gasteiger partial charge >= 0.3 is 0 Å². The summed E-state index contributed by atoms with van der Waals surface area (Å²) in [4.78, 5) is 42.0. The van der Waals surface area contributed by atoms with Crippen LogP contribution in [0.15, 0.2) is 0 Å². The molecule has 2 aliphatic rings. The minimum absolute atomic E-state index is 0.0112. The van der Waals surface area contributed by atoms with Crippen LogP contribution in [0.4, 0.5) is 0 Å². The van der Waals surface area contributed by atoms with Crippen LogP contribution in [0.2, 0.25) is 0 Å². The number of hydrogen-bond acceptors (Lipinski definition) is 4. The van der Waals surface area contributed by atoms with Crippen LogP contribution in [0.1, 0.15) is 19.8 Å². The molecule has 0 aliphatic carbocycles. The Morgan fingerprint density at radius 2 is 1.57 bits per heavy atom. The van der Waals surface area contributed by atoms with Crippen LogP contribution in [-0.4, -0.2) is 85.8 Å². The van der Waals surface area contributed by atoms with Crippen LogP contribution in [0, 0.1) is 11.8 Å². The van der Waals surface area contributed by atoms with E-state index in [1.807, 2.05) is 11.9 Å². The molecule has 2 aliphatic heterocycles. The number of carbonyl (C=O) groups is 3. The number of rotatable bonds is 2. The molecule has 0 radical (unpaired) electrons. The van der Waals surface area contributed by atoms with Crippen LogP contribution in [-0.2, 0) is 14.4 Å². The number of carbonyl (C=O) groups excluding carboxylic acids is 3. The van der Waals surface area contributed by atoms with Crippen molar-refractivity contribution < 1.29 is 14.4 Å². The molecule has 0 aromatic rings. The lowest BCUT2D eigenvalue weighted by Crippen LogP contribution is -2.46. The molecule has 0 aromatic heterocycles. The molecule has 1 N–H and O–H groups in total. The Morgan fingerprint density at radius 3 is 2.13 bits per heavy atom. The fourth-order valence-electron chi connectivity index (χ4n) is 3.44. The monoisotopic (exact) mass is 324 g/mol.